The lowest BCUT2D eigenvalue weighted by Crippen LogP contribution is -2.02. The van der Waals surface area contributed by atoms with Crippen LogP contribution in [0.4, 0.5) is 0 Å². The zero-order chi connectivity index (χ0) is 9.42. The highest BCUT2D eigenvalue weighted by Crippen LogP contribution is 2.49. The molecule has 0 saturated heterocycles. The van der Waals surface area contributed by atoms with Gasteiger partial charge in [0.25, 0.3) is 0 Å². The first-order chi connectivity index (χ1) is 6.22. The first kappa shape index (κ1) is 9.32. The summed E-state index contributed by atoms with van der Waals surface area (Å²) >= 11 is 11.9. The van der Waals surface area contributed by atoms with Gasteiger partial charge in [-0.2, -0.15) is 0 Å². The second-order valence-corrected chi connectivity index (χ2v) is 4.35. The van der Waals surface area contributed by atoms with E-state index in [1.54, 1.807) is 6.07 Å². The molecule has 70 valence electrons. The molecule has 0 aromatic heterocycles. The van der Waals surface area contributed by atoms with Gasteiger partial charge in [0, 0.05) is 10.0 Å². The highest BCUT2D eigenvalue weighted by atomic mass is 35.5. The van der Waals surface area contributed by atoms with Crippen LogP contribution < -0.4 is 5.73 Å². The van der Waals surface area contributed by atoms with Gasteiger partial charge in [-0.1, -0.05) is 29.3 Å². The topological polar surface area (TPSA) is 26.0 Å². The minimum Gasteiger partial charge on any atom is -0.330 e. The van der Waals surface area contributed by atoms with Crippen LogP contribution in [0.25, 0.3) is 0 Å². The number of hydrogen-bond donors (Lipinski definition) is 1. The van der Waals surface area contributed by atoms with Crippen molar-refractivity contribution in [2.45, 2.75) is 12.3 Å². The van der Waals surface area contributed by atoms with Gasteiger partial charge in [0.15, 0.2) is 0 Å². The fourth-order valence-corrected chi connectivity index (χ4v) is 2.24. The minimum atomic E-state index is 0.565. The van der Waals surface area contributed by atoms with Gasteiger partial charge in [-0.25, -0.2) is 0 Å². The molecule has 1 aliphatic carbocycles. The molecule has 0 radical (unpaired) electrons. The van der Waals surface area contributed by atoms with Crippen molar-refractivity contribution in [1.82, 2.24) is 0 Å². The van der Waals surface area contributed by atoms with Crippen LogP contribution in [0.3, 0.4) is 0 Å². The Balaban J connectivity index is 2.22. The predicted octanol–water partition coefficient (Wildman–Crippen LogP) is 3.06. The van der Waals surface area contributed by atoms with Crippen LogP contribution in [0.2, 0.25) is 10.0 Å². The van der Waals surface area contributed by atoms with E-state index in [9.17, 15) is 0 Å². The van der Waals surface area contributed by atoms with Crippen LogP contribution in [-0.2, 0) is 0 Å². The summed E-state index contributed by atoms with van der Waals surface area (Å²) in [5.74, 6) is 1.19. The molecular formula is C10H11Cl2N. The normalized spacial score (nSPS) is 26.1. The minimum absolute atomic E-state index is 0.565. The summed E-state index contributed by atoms with van der Waals surface area (Å²) in [6, 6.07) is 5.68. The van der Waals surface area contributed by atoms with E-state index in [1.807, 2.05) is 12.1 Å². The maximum Gasteiger partial charge on any atom is 0.0455 e. The largest absolute Gasteiger partial charge is 0.330 e. The summed E-state index contributed by atoms with van der Waals surface area (Å²) in [6.45, 7) is 0.754. The van der Waals surface area contributed by atoms with Crippen molar-refractivity contribution in [3.05, 3.63) is 33.8 Å². The van der Waals surface area contributed by atoms with E-state index in [4.69, 9.17) is 28.9 Å². The molecule has 2 atom stereocenters. The van der Waals surface area contributed by atoms with Gasteiger partial charge in [0.1, 0.15) is 0 Å². The van der Waals surface area contributed by atoms with Crippen molar-refractivity contribution in [3.63, 3.8) is 0 Å². The molecule has 0 aliphatic heterocycles. The SMILES string of the molecule is NC[C@@H]1C[C@@H]1c1ccc(Cl)cc1Cl. The third kappa shape index (κ3) is 1.83. The van der Waals surface area contributed by atoms with E-state index in [0.717, 1.165) is 18.0 Å². The molecule has 1 aromatic carbocycles. The van der Waals surface area contributed by atoms with Crippen LogP contribution in [-0.4, -0.2) is 6.54 Å². The van der Waals surface area contributed by atoms with Crippen LogP contribution in [0, 0.1) is 5.92 Å². The molecule has 0 heterocycles. The Hall–Kier alpha value is -0.240. The quantitative estimate of drug-likeness (QED) is 0.807. The lowest BCUT2D eigenvalue weighted by molar-refractivity contribution is 0.810. The third-order valence-corrected chi connectivity index (χ3v) is 3.15. The van der Waals surface area contributed by atoms with E-state index in [2.05, 4.69) is 0 Å². The van der Waals surface area contributed by atoms with Crippen molar-refractivity contribution in [3.8, 4) is 0 Å². The van der Waals surface area contributed by atoms with Gasteiger partial charge in [0.2, 0.25) is 0 Å². The fourth-order valence-electron chi connectivity index (χ4n) is 1.69. The smallest absolute Gasteiger partial charge is 0.0455 e. The molecule has 13 heavy (non-hydrogen) atoms. The zero-order valence-corrected chi connectivity index (χ0v) is 8.65. The van der Waals surface area contributed by atoms with Crippen molar-refractivity contribution in [2.75, 3.05) is 6.54 Å². The van der Waals surface area contributed by atoms with E-state index in [-0.39, 0.29) is 0 Å². The molecule has 0 unspecified atom stereocenters. The molecule has 0 bridgehead atoms. The summed E-state index contributed by atoms with van der Waals surface area (Å²) in [7, 11) is 0. The molecule has 1 saturated carbocycles. The molecule has 1 nitrogen and oxygen atoms in total. The maximum absolute atomic E-state index is 6.06. The highest BCUT2D eigenvalue weighted by Gasteiger charge is 2.37. The van der Waals surface area contributed by atoms with E-state index < -0.39 is 0 Å². The number of halogens is 2. The van der Waals surface area contributed by atoms with Crippen molar-refractivity contribution in [1.29, 1.82) is 0 Å². The second-order valence-electron chi connectivity index (χ2n) is 3.50. The Morgan fingerprint density at radius 2 is 2.15 bits per heavy atom. The van der Waals surface area contributed by atoms with E-state index in [0.29, 0.717) is 16.9 Å². The highest BCUT2D eigenvalue weighted by molar-refractivity contribution is 6.35. The van der Waals surface area contributed by atoms with Gasteiger partial charge < -0.3 is 5.73 Å². The fraction of sp³-hybridized carbons (Fsp3) is 0.400. The number of benzene rings is 1. The number of rotatable bonds is 2. The van der Waals surface area contributed by atoms with Crippen LogP contribution in [0.15, 0.2) is 18.2 Å². The first-order valence-electron chi connectivity index (χ1n) is 4.37. The summed E-state index contributed by atoms with van der Waals surface area (Å²) in [6.07, 6.45) is 1.16. The van der Waals surface area contributed by atoms with E-state index >= 15 is 0 Å². The Bertz CT molecular complexity index is 325. The maximum atomic E-state index is 6.06. The van der Waals surface area contributed by atoms with E-state index in [1.165, 1.54) is 5.56 Å². The molecule has 2 rings (SSSR count). The standard InChI is InChI=1S/C10H11Cl2N/c11-7-1-2-8(10(12)4-7)9-3-6(9)5-13/h1-2,4,6,9H,3,5,13H2/t6-,9-/m0/s1. The summed E-state index contributed by atoms with van der Waals surface area (Å²) in [4.78, 5) is 0. The summed E-state index contributed by atoms with van der Waals surface area (Å²) < 4.78 is 0. The molecule has 3 heteroatoms. The van der Waals surface area contributed by atoms with Gasteiger partial charge in [-0.05, 0) is 42.5 Å². The van der Waals surface area contributed by atoms with Gasteiger partial charge in [-0.15, -0.1) is 0 Å². The van der Waals surface area contributed by atoms with Gasteiger partial charge in [0.05, 0.1) is 0 Å². The third-order valence-electron chi connectivity index (χ3n) is 2.59. The molecule has 1 aliphatic rings. The molecular weight excluding hydrogens is 205 g/mol. The molecule has 0 spiro atoms. The average Bonchev–Trinajstić information content (AvgIpc) is 2.83. The summed E-state index contributed by atoms with van der Waals surface area (Å²) in [5, 5.41) is 1.46. The van der Waals surface area contributed by atoms with Crippen molar-refractivity contribution >= 4 is 23.2 Å². The van der Waals surface area contributed by atoms with Crippen LogP contribution >= 0.6 is 23.2 Å². The zero-order valence-electron chi connectivity index (χ0n) is 7.13. The Labute approximate surface area is 87.8 Å². The molecule has 1 fully saturated rings. The lowest BCUT2D eigenvalue weighted by atomic mass is 10.1. The Kier molecular flexibility index (Phi) is 2.50. The van der Waals surface area contributed by atoms with Crippen molar-refractivity contribution in [2.24, 2.45) is 11.7 Å². The Morgan fingerprint density at radius 3 is 2.69 bits per heavy atom. The van der Waals surface area contributed by atoms with Gasteiger partial charge >= 0.3 is 0 Å². The first-order valence-corrected chi connectivity index (χ1v) is 5.13. The number of nitrogens with two attached hydrogens (primary N) is 1. The lowest BCUT2D eigenvalue weighted by Gasteiger charge is -2.02. The van der Waals surface area contributed by atoms with Crippen LogP contribution in [0.5, 0.6) is 0 Å². The summed E-state index contributed by atoms with van der Waals surface area (Å²) in [5.41, 5.74) is 6.77. The predicted molar refractivity (Wildman–Crippen MR) is 56.4 cm³/mol. The number of hydrogen-bond acceptors (Lipinski definition) is 1. The van der Waals surface area contributed by atoms with Crippen molar-refractivity contribution < 1.29 is 0 Å². The average molecular weight is 216 g/mol. The second kappa shape index (κ2) is 3.49. The molecule has 2 N–H and O–H groups in total. The Morgan fingerprint density at radius 1 is 1.38 bits per heavy atom. The molecule has 1 aromatic rings. The van der Waals surface area contributed by atoms with Crippen LogP contribution in [0.1, 0.15) is 17.9 Å². The monoisotopic (exact) mass is 215 g/mol. The molecule has 0 amide bonds. The van der Waals surface area contributed by atoms with Gasteiger partial charge in [-0.3, -0.25) is 0 Å².